The summed E-state index contributed by atoms with van der Waals surface area (Å²) in [6, 6.07) is 0.149. The standard InChI is InChI=1S/C14H23N5O2/c1-4-10(3)18-13(20)6-7-17-14(21)11-8-15-9-12(19-11)16-5-2/h8-10H,4-7H2,1-3H3,(H,16,19)(H,17,21)(H,18,20). The molecule has 3 N–H and O–H groups in total. The van der Waals surface area contributed by atoms with E-state index in [0.29, 0.717) is 12.4 Å². The Morgan fingerprint density at radius 3 is 2.71 bits per heavy atom. The van der Waals surface area contributed by atoms with Crippen molar-refractivity contribution in [1.82, 2.24) is 20.6 Å². The molecule has 1 aromatic rings. The van der Waals surface area contributed by atoms with Crippen LogP contribution in [0.15, 0.2) is 12.4 Å². The van der Waals surface area contributed by atoms with Gasteiger partial charge in [0.05, 0.1) is 12.4 Å². The molecule has 1 atom stereocenters. The first-order valence-corrected chi connectivity index (χ1v) is 7.20. The molecule has 1 unspecified atom stereocenters. The van der Waals surface area contributed by atoms with Crippen LogP contribution in [0.2, 0.25) is 0 Å². The van der Waals surface area contributed by atoms with Gasteiger partial charge in [0.1, 0.15) is 11.5 Å². The second-order valence-corrected chi connectivity index (χ2v) is 4.70. The zero-order chi connectivity index (χ0) is 15.7. The van der Waals surface area contributed by atoms with Gasteiger partial charge in [0.2, 0.25) is 5.91 Å². The van der Waals surface area contributed by atoms with Crippen LogP contribution in [0, 0.1) is 0 Å². The van der Waals surface area contributed by atoms with Gasteiger partial charge in [-0.3, -0.25) is 14.6 Å². The van der Waals surface area contributed by atoms with E-state index >= 15 is 0 Å². The summed E-state index contributed by atoms with van der Waals surface area (Å²) in [6.45, 7) is 6.86. The van der Waals surface area contributed by atoms with Crippen molar-refractivity contribution in [2.24, 2.45) is 0 Å². The number of hydrogen-bond acceptors (Lipinski definition) is 5. The van der Waals surface area contributed by atoms with E-state index in [9.17, 15) is 9.59 Å². The van der Waals surface area contributed by atoms with Crippen molar-refractivity contribution in [3.63, 3.8) is 0 Å². The van der Waals surface area contributed by atoms with E-state index in [-0.39, 0.29) is 36.5 Å². The molecule has 0 saturated heterocycles. The Morgan fingerprint density at radius 1 is 1.29 bits per heavy atom. The topological polar surface area (TPSA) is 96.0 Å². The maximum absolute atomic E-state index is 11.9. The van der Waals surface area contributed by atoms with Crippen LogP contribution in [0.1, 0.15) is 44.1 Å². The summed E-state index contributed by atoms with van der Waals surface area (Å²) in [7, 11) is 0. The number of aromatic nitrogens is 2. The van der Waals surface area contributed by atoms with Gasteiger partial charge in [0.15, 0.2) is 0 Å². The summed E-state index contributed by atoms with van der Waals surface area (Å²) in [5, 5.41) is 8.49. The average molecular weight is 293 g/mol. The molecule has 21 heavy (non-hydrogen) atoms. The Morgan fingerprint density at radius 2 is 2.05 bits per heavy atom. The molecule has 1 rings (SSSR count). The molecule has 0 aliphatic carbocycles. The third-order valence-corrected chi connectivity index (χ3v) is 2.88. The van der Waals surface area contributed by atoms with E-state index in [1.54, 1.807) is 6.20 Å². The van der Waals surface area contributed by atoms with Crippen molar-refractivity contribution in [3.05, 3.63) is 18.1 Å². The minimum Gasteiger partial charge on any atom is -0.369 e. The van der Waals surface area contributed by atoms with Crippen molar-refractivity contribution in [3.8, 4) is 0 Å². The Labute approximate surface area is 124 Å². The fourth-order valence-corrected chi connectivity index (χ4v) is 1.57. The molecule has 1 aromatic heterocycles. The average Bonchev–Trinajstić information content (AvgIpc) is 2.47. The highest BCUT2D eigenvalue weighted by atomic mass is 16.2. The lowest BCUT2D eigenvalue weighted by atomic mass is 10.2. The molecule has 116 valence electrons. The first-order valence-electron chi connectivity index (χ1n) is 7.20. The van der Waals surface area contributed by atoms with Crippen LogP contribution in [-0.4, -0.2) is 40.9 Å². The van der Waals surface area contributed by atoms with Crippen LogP contribution in [0.3, 0.4) is 0 Å². The van der Waals surface area contributed by atoms with Crippen LogP contribution in [0.5, 0.6) is 0 Å². The highest BCUT2D eigenvalue weighted by Crippen LogP contribution is 2.01. The molecule has 2 amide bonds. The largest absolute Gasteiger partial charge is 0.369 e. The van der Waals surface area contributed by atoms with Crippen LogP contribution >= 0.6 is 0 Å². The normalized spacial score (nSPS) is 11.6. The highest BCUT2D eigenvalue weighted by Gasteiger charge is 2.10. The summed E-state index contributed by atoms with van der Waals surface area (Å²) >= 11 is 0. The molecule has 0 radical (unpaired) electrons. The summed E-state index contributed by atoms with van der Waals surface area (Å²) in [5.41, 5.74) is 0.232. The monoisotopic (exact) mass is 293 g/mol. The smallest absolute Gasteiger partial charge is 0.271 e. The first kappa shape index (κ1) is 16.9. The van der Waals surface area contributed by atoms with E-state index in [4.69, 9.17) is 0 Å². The van der Waals surface area contributed by atoms with Gasteiger partial charge >= 0.3 is 0 Å². The summed E-state index contributed by atoms with van der Waals surface area (Å²) in [5.74, 6) is 0.149. The number of amides is 2. The van der Waals surface area contributed by atoms with E-state index < -0.39 is 0 Å². The first-order chi connectivity index (χ1) is 10.1. The lowest BCUT2D eigenvalue weighted by Crippen LogP contribution is -2.35. The zero-order valence-electron chi connectivity index (χ0n) is 12.8. The van der Waals surface area contributed by atoms with Crippen molar-refractivity contribution in [2.45, 2.75) is 39.7 Å². The molecule has 0 aliphatic rings. The molecule has 7 nitrogen and oxygen atoms in total. The molecule has 0 aromatic carbocycles. The lowest BCUT2D eigenvalue weighted by molar-refractivity contribution is -0.121. The van der Waals surface area contributed by atoms with Gasteiger partial charge in [-0.1, -0.05) is 6.92 Å². The minimum absolute atomic E-state index is 0.0721. The predicted molar refractivity (Wildman–Crippen MR) is 81.0 cm³/mol. The number of carbonyl (C=O) groups is 2. The van der Waals surface area contributed by atoms with E-state index in [1.165, 1.54) is 6.20 Å². The van der Waals surface area contributed by atoms with Crippen molar-refractivity contribution in [1.29, 1.82) is 0 Å². The molecule has 1 heterocycles. The number of nitrogens with zero attached hydrogens (tertiary/aromatic N) is 2. The maximum atomic E-state index is 11.9. The van der Waals surface area contributed by atoms with Gasteiger partial charge in [-0.05, 0) is 20.3 Å². The molecule has 0 aliphatic heterocycles. The fraction of sp³-hybridized carbons (Fsp3) is 0.571. The van der Waals surface area contributed by atoms with Crippen molar-refractivity contribution >= 4 is 17.6 Å². The number of carbonyl (C=O) groups excluding carboxylic acids is 2. The van der Waals surface area contributed by atoms with Gasteiger partial charge in [0, 0.05) is 25.6 Å². The third-order valence-electron chi connectivity index (χ3n) is 2.88. The molecule has 0 spiro atoms. The molecule has 7 heteroatoms. The third kappa shape index (κ3) is 6.20. The van der Waals surface area contributed by atoms with E-state index in [0.717, 1.165) is 6.42 Å². The number of nitrogens with one attached hydrogen (secondary N) is 3. The SMILES string of the molecule is CCNc1cncc(C(=O)NCCC(=O)NC(C)CC)n1. The highest BCUT2D eigenvalue weighted by molar-refractivity contribution is 5.92. The predicted octanol–water partition coefficient (Wildman–Crippen LogP) is 0.943. The number of rotatable bonds is 8. The second kappa shape index (κ2) is 8.89. The molecule has 0 bridgehead atoms. The molecular formula is C14H23N5O2. The van der Waals surface area contributed by atoms with Crippen LogP contribution in [-0.2, 0) is 4.79 Å². The van der Waals surface area contributed by atoms with Crippen molar-refractivity contribution in [2.75, 3.05) is 18.4 Å². The summed E-state index contributed by atoms with van der Waals surface area (Å²) in [6.07, 6.45) is 4.08. The zero-order valence-corrected chi connectivity index (χ0v) is 12.8. The molecule has 0 fully saturated rings. The van der Waals surface area contributed by atoms with E-state index in [2.05, 4.69) is 25.9 Å². The second-order valence-electron chi connectivity index (χ2n) is 4.70. The Balaban J connectivity index is 2.40. The Bertz CT molecular complexity index is 478. The van der Waals surface area contributed by atoms with Gasteiger partial charge in [0.25, 0.3) is 5.91 Å². The van der Waals surface area contributed by atoms with Gasteiger partial charge < -0.3 is 16.0 Å². The van der Waals surface area contributed by atoms with Crippen LogP contribution in [0.25, 0.3) is 0 Å². The van der Waals surface area contributed by atoms with Crippen molar-refractivity contribution < 1.29 is 9.59 Å². The Kier molecular flexibility index (Phi) is 7.14. The maximum Gasteiger partial charge on any atom is 0.271 e. The van der Waals surface area contributed by atoms with E-state index in [1.807, 2.05) is 20.8 Å². The van der Waals surface area contributed by atoms with Gasteiger partial charge in [-0.15, -0.1) is 0 Å². The fourth-order valence-electron chi connectivity index (χ4n) is 1.57. The van der Waals surface area contributed by atoms with Gasteiger partial charge in [-0.25, -0.2) is 4.98 Å². The molecule has 0 saturated carbocycles. The quantitative estimate of drug-likeness (QED) is 0.663. The van der Waals surface area contributed by atoms with Gasteiger partial charge in [-0.2, -0.15) is 0 Å². The molecular weight excluding hydrogens is 270 g/mol. The number of anilines is 1. The Hall–Kier alpha value is -2.18. The summed E-state index contributed by atoms with van der Waals surface area (Å²) in [4.78, 5) is 31.5. The summed E-state index contributed by atoms with van der Waals surface area (Å²) < 4.78 is 0. The van der Waals surface area contributed by atoms with Crippen LogP contribution < -0.4 is 16.0 Å². The lowest BCUT2D eigenvalue weighted by Gasteiger charge is -2.11. The minimum atomic E-state index is -0.335. The van der Waals surface area contributed by atoms with Crippen LogP contribution in [0.4, 0.5) is 5.82 Å². The number of hydrogen-bond donors (Lipinski definition) is 3.